The maximum absolute atomic E-state index is 13.3. The Hall–Kier alpha value is -2.96. The molecule has 136 valence electrons. The van der Waals surface area contributed by atoms with Crippen molar-refractivity contribution < 1.29 is 18.7 Å². The van der Waals surface area contributed by atoms with E-state index in [4.69, 9.17) is 4.74 Å². The van der Waals surface area contributed by atoms with Gasteiger partial charge in [-0.05, 0) is 37.6 Å². The van der Waals surface area contributed by atoms with Gasteiger partial charge >= 0.3 is 6.09 Å². The Balaban J connectivity index is 1.60. The minimum absolute atomic E-state index is 0.116. The first-order valence-electron chi connectivity index (χ1n) is 8.51. The van der Waals surface area contributed by atoms with Gasteiger partial charge in [0.2, 0.25) is 0 Å². The van der Waals surface area contributed by atoms with Crippen LogP contribution in [0.15, 0.2) is 42.6 Å². The second-order valence-corrected chi connectivity index (χ2v) is 6.05. The summed E-state index contributed by atoms with van der Waals surface area (Å²) in [6.45, 7) is 3.07. The van der Waals surface area contributed by atoms with Gasteiger partial charge in [-0.3, -0.25) is 9.78 Å². The summed E-state index contributed by atoms with van der Waals surface area (Å²) in [5.41, 5.74) is 1.66. The van der Waals surface area contributed by atoms with Crippen LogP contribution in [0.2, 0.25) is 0 Å². The molecule has 26 heavy (non-hydrogen) atoms. The average molecular weight is 357 g/mol. The quantitative estimate of drug-likeness (QED) is 0.913. The summed E-state index contributed by atoms with van der Waals surface area (Å²) in [7, 11) is 0. The fourth-order valence-corrected chi connectivity index (χ4v) is 2.87. The molecule has 2 amide bonds. The van der Waals surface area contributed by atoms with Crippen LogP contribution in [0.4, 0.5) is 9.18 Å². The van der Waals surface area contributed by atoms with Crippen molar-refractivity contribution in [2.75, 3.05) is 19.7 Å². The molecule has 0 radical (unpaired) electrons. The van der Waals surface area contributed by atoms with E-state index in [1.165, 1.54) is 18.3 Å². The molecule has 2 aromatic rings. The number of carbonyl (C=O) groups is 2. The highest BCUT2D eigenvalue weighted by Gasteiger charge is 2.28. The van der Waals surface area contributed by atoms with Crippen LogP contribution >= 0.6 is 0 Å². The molecule has 1 aromatic carbocycles. The number of halogens is 1. The first-order valence-corrected chi connectivity index (χ1v) is 8.51. The molecule has 6 nitrogen and oxygen atoms in total. The number of hydrogen-bond donors (Lipinski definition) is 1. The highest BCUT2D eigenvalue weighted by Crippen LogP contribution is 2.18. The number of likely N-dealkylation sites (tertiary alicyclic amines) is 1. The topological polar surface area (TPSA) is 71.5 Å². The number of ether oxygens (including phenoxy) is 1. The number of hydrogen-bond acceptors (Lipinski definition) is 4. The Morgan fingerprint density at radius 2 is 2.19 bits per heavy atom. The monoisotopic (exact) mass is 357 g/mol. The Morgan fingerprint density at radius 3 is 2.88 bits per heavy atom. The summed E-state index contributed by atoms with van der Waals surface area (Å²) in [6.07, 6.45) is 1.79. The van der Waals surface area contributed by atoms with Gasteiger partial charge in [-0.15, -0.1) is 0 Å². The molecule has 0 spiro atoms. The van der Waals surface area contributed by atoms with Crippen LogP contribution in [-0.2, 0) is 4.74 Å². The fourth-order valence-electron chi connectivity index (χ4n) is 2.87. The largest absolute Gasteiger partial charge is 0.450 e. The van der Waals surface area contributed by atoms with Gasteiger partial charge in [0.15, 0.2) is 0 Å². The molecule has 1 unspecified atom stereocenters. The molecular formula is C19H20FN3O3. The first-order chi connectivity index (χ1) is 12.6. The second-order valence-electron chi connectivity index (χ2n) is 6.05. The average Bonchev–Trinajstić information content (AvgIpc) is 3.11. The zero-order valence-corrected chi connectivity index (χ0v) is 14.4. The predicted molar refractivity (Wildman–Crippen MR) is 94.1 cm³/mol. The van der Waals surface area contributed by atoms with Gasteiger partial charge < -0.3 is 15.0 Å². The minimum Gasteiger partial charge on any atom is -0.450 e. The van der Waals surface area contributed by atoms with Crippen LogP contribution in [0.5, 0.6) is 0 Å². The number of nitrogens with one attached hydrogen (secondary N) is 1. The summed E-state index contributed by atoms with van der Waals surface area (Å²) in [6, 6.07) is 9.35. The van der Waals surface area contributed by atoms with Crippen LogP contribution in [0, 0.1) is 5.82 Å². The number of aromatic nitrogens is 1. The van der Waals surface area contributed by atoms with Gasteiger partial charge in [-0.2, -0.15) is 0 Å². The normalized spacial score (nSPS) is 16.4. The van der Waals surface area contributed by atoms with Crippen LogP contribution in [0.25, 0.3) is 11.3 Å². The second kappa shape index (κ2) is 7.95. The SMILES string of the molecule is CCOC(=O)N1CCC(NC(=O)c2ccc(-c3cccc(F)c3)nc2)C1. The van der Waals surface area contributed by atoms with Crippen LogP contribution < -0.4 is 5.32 Å². The molecule has 1 aliphatic heterocycles. The van der Waals surface area contributed by atoms with E-state index >= 15 is 0 Å². The number of pyridine rings is 1. The minimum atomic E-state index is -0.356. The highest BCUT2D eigenvalue weighted by molar-refractivity contribution is 5.94. The molecule has 1 fully saturated rings. The maximum atomic E-state index is 13.3. The molecule has 1 aliphatic rings. The van der Waals surface area contributed by atoms with Crippen molar-refractivity contribution in [3.8, 4) is 11.3 Å². The maximum Gasteiger partial charge on any atom is 0.409 e. The van der Waals surface area contributed by atoms with Crippen LogP contribution in [-0.4, -0.2) is 47.6 Å². The van der Waals surface area contributed by atoms with Gasteiger partial charge in [-0.25, -0.2) is 9.18 Å². The zero-order valence-electron chi connectivity index (χ0n) is 14.4. The van der Waals surface area contributed by atoms with Crippen molar-refractivity contribution >= 4 is 12.0 Å². The van der Waals surface area contributed by atoms with Gasteiger partial charge in [0.25, 0.3) is 5.91 Å². The molecular weight excluding hydrogens is 337 g/mol. The number of rotatable bonds is 4. The first kappa shape index (κ1) is 17.8. The van der Waals surface area contributed by atoms with Crippen molar-refractivity contribution in [1.82, 2.24) is 15.2 Å². The summed E-state index contributed by atoms with van der Waals surface area (Å²) in [5.74, 6) is -0.586. The summed E-state index contributed by atoms with van der Waals surface area (Å²) >= 11 is 0. The van der Waals surface area contributed by atoms with Crippen LogP contribution in [0.1, 0.15) is 23.7 Å². The Kier molecular flexibility index (Phi) is 5.46. The Labute approximate surface area is 151 Å². The number of carbonyl (C=O) groups excluding carboxylic acids is 2. The van der Waals surface area contributed by atoms with E-state index in [0.717, 1.165) is 0 Å². The lowest BCUT2D eigenvalue weighted by Crippen LogP contribution is -2.38. The molecule has 1 aromatic heterocycles. The van der Waals surface area contributed by atoms with E-state index in [1.807, 2.05) is 0 Å². The summed E-state index contributed by atoms with van der Waals surface area (Å²) < 4.78 is 18.3. The van der Waals surface area contributed by atoms with Gasteiger partial charge in [0.05, 0.1) is 17.9 Å². The molecule has 7 heteroatoms. The number of nitrogens with zero attached hydrogens (tertiary/aromatic N) is 2. The van der Waals surface area contributed by atoms with Crippen molar-refractivity contribution in [2.45, 2.75) is 19.4 Å². The van der Waals surface area contributed by atoms with Crippen molar-refractivity contribution in [1.29, 1.82) is 0 Å². The third kappa shape index (κ3) is 4.17. The molecule has 1 N–H and O–H groups in total. The predicted octanol–water partition coefficient (Wildman–Crippen LogP) is 2.85. The van der Waals surface area contributed by atoms with Crippen molar-refractivity contribution in [3.63, 3.8) is 0 Å². The smallest absolute Gasteiger partial charge is 0.409 e. The lowest BCUT2D eigenvalue weighted by Gasteiger charge is -2.16. The van der Waals surface area contributed by atoms with E-state index in [9.17, 15) is 14.0 Å². The fraction of sp³-hybridized carbons (Fsp3) is 0.316. The van der Waals surface area contributed by atoms with Crippen LogP contribution in [0.3, 0.4) is 0 Å². The molecule has 3 rings (SSSR count). The van der Waals surface area contributed by atoms with Gasteiger partial charge in [0, 0.05) is 30.9 Å². The summed E-state index contributed by atoms with van der Waals surface area (Å²) in [4.78, 5) is 29.9. The highest BCUT2D eigenvalue weighted by atomic mass is 19.1. The molecule has 0 aliphatic carbocycles. The Bertz CT molecular complexity index is 795. The Morgan fingerprint density at radius 1 is 1.35 bits per heavy atom. The number of benzene rings is 1. The molecule has 0 bridgehead atoms. The zero-order chi connectivity index (χ0) is 18.5. The standard InChI is InChI=1S/C19H20FN3O3/c1-2-26-19(25)23-9-8-16(12-23)22-18(24)14-6-7-17(21-11-14)13-4-3-5-15(20)10-13/h3-7,10-11,16H,2,8-9,12H2,1H3,(H,22,24). The lowest BCUT2D eigenvalue weighted by atomic mass is 10.1. The van der Waals surface area contributed by atoms with Gasteiger partial charge in [-0.1, -0.05) is 12.1 Å². The van der Waals surface area contributed by atoms with E-state index in [1.54, 1.807) is 36.1 Å². The number of amides is 2. The van der Waals surface area contributed by atoms with E-state index in [0.29, 0.717) is 42.9 Å². The van der Waals surface area contributed by atoms with E-state index in [-0.39, 0.29) is 23.9 Å². The van der Waals surface area contributed by atoms with Gasteiger partial charge in [0.1, 0.15) is 5.82 Å². The summed E-state index contributed by atoms with van der Waals surface area (Å²) in [5, 5.41) is 2.90. The molecule has 1 atom stereocenters. The molecule has 1 saturated heterocycles. The molecule has 0 saturated carbocycles. The van der Waals surface area contributed by atoms with Crippen molar-refractivity contribution in [3.05, 3.63) is 54.0 Å². The van der Waals surface area contributed by atoms with E-state index < -0.39 is 0 Å². The molecule has 2 heterocycles. The van der Waals surface area contributed by atoms with E-state index in [2.05, 4.69) is 10.3 Å². The third-order valence-corrected chi connectivity index (χ3v) is 4.20. The lowest BCUT2D eigenvalue weighted by molar-refractivity contribution is 0.0929. The van der Waals surface area contributed by atoms with Crippen molar-refractivity contribution in [2.24, 2.45) is 0 Å². The third-order valence-electron chi connectivity index (χ3n) is 4.20.